The molecule has 1 aliphatic rings. The van der Waals surface area contributed by atoms with E-state index in [1.807, 2.05) is 6.07 Å². The molecule has 1 saturated heterocycles. The summed E-state index contributed by atoms with van der Waals surface area (Å²) in [6, 6.07) is 11.0. The molecule has 0 spiro atoms. The van der Waals surface area contributed by atoms with E-state index in [1.165, 1.54) is 12.5 Å². The molecule has 2 N–H and O–H groups in total. The summed E-state index contributed by atoms with van der Waals surface area (Å²) in [5.74, 6) is -0.0931. The number of benzene rings is 1. The second-order valence-corrected chi connectivity index (χ2v) is 5.87. The van der Waals surface area contributed by atoms with Gasteiger partial charge < -0.3 is 10.6 Å². The maximum absolute atomic E-state index is 11.8. The van der Waals surface area contributed by atoms with E-state index in [2.05, 4.69) is 46.7 Å². The van der Waals surface area contributed by atoms with Crippen molar-refractivity contribution in [2.75, 3.05) is 19.6 Å². The van der Waals surface area contributed by atoms with Crippen LogP contribution in [0.3, 0.4) is 0 Å². The highest BCUT2D eigenvalue weighted by Gasteiger charge is 2.27. The molecular weight excluding hydrogens is 278 g/mol. The number of hydrogen-bond donors (Lipinski definition) is 2. The molecule has 22 heavy (non-hydrogen) atoms. The Kier molecular flexibility index (Phi) is 5.95. The van der Waals surface area contributed by atoms with E-state index in [4.69, 9.17) is 0 Å². The smallest absolute Gasteiger partial charge is 0.222 e. The number of hydrogen-bond acceptors (Lipinski definition) is 3. The normalized spacial score (nSPS) is 19.6. The molecule has 0 saturated carbocycles. The molecule has 2 atom stereocenters. The van der Waals surface area contributed by atoms with Crippen molar-refractivity contribution in [3.63, 3.8) is 0 Å². The lowest BCUT2D eigenvalue weighted by atomic mass is 10.1. The van der Waals surface area contributed by atoms with Crippen molar-refractivity contribution in [2.24, 2.45) is 0 Å². The summed E-state index contributed by atoms with van der Waals surface area (Å²) in [4.78, 5) is 25.0. The van der Waals surface area contributed by atoms with Gasteiger partial charge in [0.2, 0.25) is 11.8 Å². The van der Waals surface area contributed by atoms with Crippen molar-refractivity contribution in [2.45, 2.75) is 38.8 Å². The van der Waals surface area contributed by atoms with Crippen molar-refractivity contribution in [1.82, 2.24) is 15.5 Å². The van der Waals surface area contributed by atoms with Gasteiger partial charge in [0.25, 0.3) is 0 Å². The van der Waals surface area contributed by atoms with Crippen LogP contribution < -0.4 is 10.6 Å². The van der Waals surface area contributed by atoms with Gasteiger partial charge in [-0.15, -0.1) is 0 Å². The number of amides is 2. The molecule has 5 nitrogen and oxygen atoms in total. The Morgan fingerprint density at radius 1 is 1.32 bits per heavy atom. The van der Waals surface area contributed by atoms with Crippen LogP contribution in [0.15, 0.2) is 30.3 Å². The zero-order chi connectivity index (χ0) is 15.9. The Hall–Kier alpha value is -1.88. The van der Waals surface area contributed by atoms with Gasteiger partial charge in [-0.05, 0) is 18.9 Å². The number of nitrogens with zero attached hydrogens (tertiary/aromatic N) is 1. The molecule has 0 unspecified atom stereocenters. The summed E-state index contributed by atoms with van der Waals surface area (Å²) in [6.45, 7) is 5.93. The molecule has 1 aliphatic heterocycles. The number of carbonyl (C=O) groups is 2. The third-order valence-corrected chi connectivity index (χ3v) is 4.14. The lowest BCUT2D eigenvalue weighted by Gasteiger charge is -2.24. The molecule has 5 heteroatoms. The van der Waals surface area contributed by atoms with Crippen LogP contribution in [0.2, 0.25) is 0 Å². The van der Waals surface area contributed by atoms with Crippen LogP contribution in [0.1, 0.15) is 38.3 Å². The largest absolute Gasteiger partial charge is 0.356 e. The zero-order valence-corrected chi connectivity index (χ0v) is 13.3. The van der Waals surface area contributed by atoms with E-state index in [-0.39, 0.29) is 17.9 Å². The number of carbonyl (C=O) groups excluding carboxylic acids is 2. The lowest BCUT2D eigenvalue weighted by Crippen LogP contribution is -2.39. The van der Waals surface area contributed by atoms with Crippen molar-refractivity contribution >= 4 is 11.8 Å². The highest BCUT2D eigenvalue weighted by atomic mass is 16.2. The van der Waals surface area contributed by atoms with Crippen LogP contribution in [0.4, 0.5) is 0 Å². The highest BCUT2D eigenvalue weighted by molar-refractivity contribution is 5.78. The first kappa shape index (κ1) is 16.5. The monoisotopic (exact) mass is 303 g/mol. The first-order valence-corrected chi connectivity index (χ1v) is 7.89. The summed E-state index contributed by atoms with van der Waals surface area (Å²) in [5, 5.41) is 5.70. The standard InChI is InChI=1S/C17H25N3O2/c1-13(15-6-4-3-5-7-15)20-11-9-16(12-20)19-17(22)8-10-18-14(2)21/h3-7,13,16H,8-12H2,1-2H3,(H,18,21)(H,19,22)/t13-,16+/m1/s1. The summed E-state index contributed by atoms with van der Waals surface area (Å²) in [7, 11) is 0. The predicted molar refractivity (Wildman–Crippen MR) is 86.3 cm³/mol. The molecule has 1 fully saturated rings. The van der Waals surface area contributed by atoms with Crippen LogP contribution in [0.25, 0.3) is 0 Å². The second kappa shape index (κ2) is 7.94. The topological polar surface area (TPSA) is 61.4 Å². The van der Waals surface area contributed by atoms with E-state index in [9.17, 15) is 9.59 Å². The minimum Gasteiger partial charge on any atom is -0.356 e. The van der Waals surface area contributed by atoms with Gasteiger partial charge in [-0.2, -0.15) is 0 Å². The van der Waals surface area contributed by atoms with E-state index >= 15 is 0 Å². The molecule has 0 aliphatic carbocycles. The van der Waals surface area contributed by atoms with Gasteiger partial charge in [-0.3, -0.25) is 14.5 Å². The minimum atomic E-state index is -0.100. The summed E-state index contributed by atoms with van der Waals surface area (Å²) in [5.41, 5.74) is 1.31. The van der Waals surface area contributed by atoms with Crippen LogP contribution in [0, 0.1) is 0 Å². The summed E-state index contributed by atoms with van der Waals surface area (Å²) < 4.78 is 0. The Morgan fingerprint density at radius 3 is 2.73 bits per heavy atom. The van der Waals surface area contributed by atoms with Gasteiger partial charge in [0, 0.05) is 45.1 Å². The number of nitrogens with one attached hydrogen (secondary N) is 2. The first-order chi connectivity index (χ1) is 10.6. The summed E-state index contributed by atoms with van der Waals surface area (Å²) >= 11 is 0. The Morgan fingerprint density at radius 2 is 2.05 bits per heavy atom. The fourth-order valence-electron chi connectivity index (χ4n) is 2.85. The molecular formula is C17H25N3O2. The number of rotatable bonds is 6. The van der Waals surface area contributed by atoms with E-state index < -0.39 is 0 Å². The fraction of sp³-hybridized carbons (Fsp3) is 0.529. The van der Waals surface area contributed by atoms with Crippen molar-refractivity contribution in [3.05, 3.63) is 35.9 Å². The van der Waals surface area contributed by atoms with Crippen molar-refractivity contribution in [1.29, 1.82) is 0 Å². The van der Waals surface area contributed by atoms with E-state index in [0.29, 0.717) is 19.0 Å². The van der Waals surface area contributed by atoms with Crippen molar-refractivity contribution in [3.8, 4) is 0 Å². The molecule has 1 aromatic rings. The van der Waals surface area contributed by atoms with Gasteiger partial charge in [-0.1, -0.05) is 30.3 Å². The highest BCUT2D eigenvalue weighted by Crippen LogP contribution is 2.24. The van der Waals surface area contributed by atoms with Gasteiger partial charge >= 0.3 is 0 Å². The first-order valence-electron chi connectivity index (χ1n) is 7.89. The quantitative estimate of drug-likeness (QED) is 0.836. The van der Waals surface area contributed by atoms with Gasteiger partial charge in [0.1, 0.15) is 0 Å². The Bertz CT molecular complexity index is 504. The molecule has 1 heterocycles. The maximum atomic E-state index is 11.8. The average molecular weight is 303 g/mol. The van der Waals surface area contributed by atoms with E-state index in [0.717, 1.165) is 19.5 Å². The van der Waals surface area contributed by atoms with Gasteiger partial charge in [0.15, 0.2) is 0 Å². The van der Waals surface area contributed by atoms with Crippen LogP contribution in [-0.4, -0.2) is 42.4 Å². The lowest BCUT2D eigenvalue weighted by molar-refractivity contribution is -0.122. The Labute approximate surface area is 132 Å². The average Bonchev–Trinajstić information content (AvgIpc) is 2.95. The number of likely N-dealkylation sites (tertiary alicyclic amines) is 1. The van der Waals surface area contributed by atoms with Crippen LogP contribution >= 0.6 is 0 Å². The molecule has 0 radical (unpaired) electrons. The predicted octanol–water partition coefficient (Wildman–Crippen LogP) is 1.46. The van der Waals surface area contributed by atoms with Crippen LogP contribution in [-0.2, 0) is 9.59 Å². The molecule has 0 bridgehead atoms. The van der Waals surface area contributed by atoms with Gasteiger partial charge in [0.05, 0.1) is 0 Å². The van der Waals surface area contributed by atoms with Gasteiger partial charge in [-0.25, -0.2) is 0 Å². The minimum absolute atomic E-state index is 0.00737. The molecule has 2 amide bonds. The molecule has 120 valence electrons. The molecule has 0 aromatic heterocycles. The Balaban J connectivity index is 1.75. The molecule has 1 aromatic carbocycles. The van der Waals surface area contributed by atoms with E-state index in [1.54, 1.807) is 0 Å². The van der Waals surface area contributed by atoms with Crippen LogP contribution in [0.5, 0.6) is 0 Å². The molecule has 2 rings (SSSR count). The maximum Gasteiger partial charge on any atom is 0.222 e. The summed E-state index contributed by atoms with van der Waals surface area (Å²) in [6.07, 6.45) is 1.31. The zero-order valence-electron chi connectivity index (χ0n) is 13.3. The third kappa shape index (κ3) is 4.84. The third-order valence-electron chi connectivity index (χ3n) is 4.14. The second-order valence-electron chi connectivity index (χ2n) is 5.87. The SMILES string of the molecule is CC(=O)NCCC(=O)N[C@H]1CCN([C@H](C)c2ccccc2)C1. The van der Waals surface area contributed by atoms with Crippen molar-refractivity contribution < 1.29 is 9.59 Å². The fourth-order valence-corrected chi connectivity index (χ4v) is 2.85.